The number of benzene rings is 2. The zero-order valence-corrected chi connectivity index (χ0v) is 23.5. The number of hydrogen-bond acceptors (Lipinski definition) is 7. The van der Waals surface area contributed by atoms with E-state index in [1.807, 2.05) is 55.5 Å². The third-order valence-electron chi connectivity index (χ3n) is 6.78. The number of aromatic nitrogens is 3. The van der Waals surface area contributed by atoms with Crippen LogP contribution in [0.15, 0.2) is 75.9 Å². The lowest BCUT2D eigenvalue weighted by Crippen LogP contribution is -2.43. The molecule has 0 saturated carbocycles. The zero-order chi connectivity index (χ0) is 26.9. The minimum atomic E-state index is -0.682. The van der Waals surface area contributed by atoms with Gasteiger partial charge in [0.25, 0.3) is 0 Å². The summed E-state index contributed by atoms with van der Waals surface area (Å²) in [5.41, 5.74) is 3.97. The van der Waals surface area contributed by atoms with E-state index in [1.165, 1.54) is 6.20 Å². The second-order valence-electron chi connectivity index (χ2n) is 9.44. The van der Waals surface area contributed by atoms with Crippen molar-refractivity contribution in [2.45, 2.75) is 25.7 Å². The summed E-state index contributed by atoms with van der Waals surface area (Å²) >= 11 is 5.01. The van der Waals surface area contributed by atoms with E-state index < -0.39 is 11.8 Å². The summed E-state index contributed by atoms with van der Waals surface area (Å²) in [5, 5.41) is 3.50. The van der Waals surface area contributed by atoms with Gasteiger partial charge in [-0.15, -0.1) is 11.3 Å². The molecule has 10 heteroatoms. The van der Waals surface area contributed by atoms with Crippen LogP contribution < -0.4 is 5.32 Å². The van der Waals surface area contributed by atoms with Crippen molar-refractivity contribution in [2.75, 3.05) is 18.4 Å². The standard InChI is InChI=1S/C29H24BrN5O3S/c1-17-25(18-5-3-2-4-6-18)34-27(38-17)19-9-11-35(12-10-19)29(37)26(36)32-22-13-20(15-31-16-22)28-33-23-14-21(30)7-8-24(23)39-28/h2-8,13-16,19H,9-12H2,1H3,(H,32,36). The Kier molecular flexibility index (Phi) is 6.97. The van der Waals surface area contributed by atoms with Gasteiger partial charge in [-0.05, 0) is 44.0 Å². The van der Waals surface area contributed by atoms with E-state index in [0.29, 0.717) is 37.5 Å². The molecule has 8 nitrogen and oxygen atoms in total. The third-order valence-corrected chi connectivity index (χ3v) is 8.36. The Morgan fingerprint density at radius 2 is 1.82 bits per heavy atom. The fraction of sp³-hybridized carbons (Fsp3) is 0.207. The van der Waals surface area contributed by atoms with Gasteiger partial charge in [-0.3, -0.25) is 14.6 Å². The Hall–Kier alpha value is -3.89. The van der Waals surface area contributed by atoms with Crippen LogP contribution in [0.2, 0.25) is 0 Å². The summed E-state index contributed by atoms with van der Waals surface area (Å²) in [6, 6.07) is 17.7. The number of thiazole rings is 1. The van der Waals surface area contributed by atoms with Gasteiger partial charge in [0.1, 0.15) is 16.5 Å². The van der Waals surface area contributed by atoms with Gasteiger partial charge >= 0.3 is 11.8 Å². The fourth-order valence-electron chi connectivity index (χ4n) is 4.76. The maximum absolute atomic E-state index is 12.9. The number of pyridine rings is 1. The van der Waals surface area contributed by atoms with Crippen molar-refractivity contribution in [3.63, 3.8) is 0 Å². The number of anilines is 1. The van der Waals surface area contributed by atoms with Gasteiger partial charge < -0.3 is 14.6 Å². The number of nitrogens with zero attached hydrogens (tertiary/aromatic N) is 4. The Morgan fingerprint density at radius 3 is 2.62 bits per heavy atom. The quantitative estimate of drug-likeness (QED) is 0.238. The van der Waals surface area contributed by atoms with Gasteiger partial charge in [0.15, 0.2) is 5.89 Å². The molecular formula is C29H24BrN5O3S. The minimum Gasteiger partial charge on any atom is -0.445 e. The molecular weight excluding hydrogens is 578 g/mol. The minimum absolute atomic E-state index is 0.101. The molecule has 0 spiro atoms. The number of nitrogens with one attached hydrogen (secondary N) is 1. The van der Waals surface area contributed by atoms with Crippen LogP contribution in [0, 0.1) is 6.92 Å². The molecule has 1 fully saturated rings. The maximum Gasteiger partial charge on any atom is 0.313 e. The molecule has 0 aliphatic carbocycles. The second-order valence-corrected chi connectivity index (χ2v) is 11.4. The van der Waals surface area contributed by atoms with Gasteiger partial charge in [-0.1, -0.05) is 46.3 Å². The summed E-state index contributed by atoms with van der Waals surface area (Å²) in [7, 11) is 0. The average Bonchev–Trinajstić information content (AvgIpc) is 3.56. The highest BCUT2D eigenvalue weighted by Crippen LogP contribution is 2.33. The number of likely N-dealkylation sites (tertiary alicyclic amines) is 1. The third kappa shape index (κ3) is 5.35. The van der Waals surface area contributed by atoms with Crippen LogP contribution >= 0.6 is 27.3 Å². The monoisotopic (exact) mass is 601 g/mol. The molecule has 0 atom stereocenters. The van der Waals surface area contributed by atoms with Crippen molar-refractivity contribution >= 4 is 55.0 Å². The van der Waals surface area contributed by atoms with Crippen LogP contribution in [0.25, 0.3) is 32.0 Å². The number of oxazole rings is 1. The Bertz CT molecular complexity index is 1680. The van der Waals surface area contributed by atoms with Crippen molar-refractivity contribution in [1.82, 2.24) is 19.9 Å². The highest BCUT2D eigenvalue weighted by Gasteiger charge is 2.30. The first-order valence-electron chi connectivity index (χ1n) is 12.6. The van der Waals surface area contributed by atoms with Crippen LogP contribution in [0.4, 0.5) is 5.69 Å². The Morgan fingerprint density at radius 1 is 1.03 bits per heavy atom. The maximum atomic E-state index is 12.9. The highest BCUT2D eigenvalue weighted by molar-refractivity contribution is 9.10. The largest absolute Gasteiger partial charge is 0.445 e. The van der Waals surface area contributed by atoms with E-state index in [1.54, 1.807) is 28.5 Å². The molecule has 4 heterocycles. The highest BCUT2D eigenvalue weighted by atomic mass is 79.9. The molecule has 6 rings (SSSR count). The number of aryl methyl sites for hydroxylation is 1. The number of piperidine rings is 1. The van der Waals surface area contributed by atoms with Crippen LogP contribution in [-0.2, 0) is 9.59 Å². The van der Waals surface area contributed by atoms with Crippen molar-refractivity contribution in [3.8, 4) is 21.8 Å². The number of carbonyl (C=O) groups is 2. The van der Waals surface area contributed by atoms with Gasteiger partial charge in [0.2, 0.25) is 0 Å². The zero-order valence-electron chi connectivity index (χ0n) is 21.1. The van der Waals surface area contributed by atoms with E-state index in [2.05, 4.69) is 31.2 Å². The van der Waals surface area contributed by atoms with Crippen molar-refractivity contribution < 1.29 is 14.0 Å². The topological polar surface area (TPSA) is 101 Å². The van der Waals surface area contributed by atoms with Crippen LogP contribution in [0.3, 0.4) is 0 Å². The van der Waals surface area contributed by atoms with Crippen molar-refractivity contribution in [1.29, 1.82) is 0 Å². The smallest absolute Gasteiger partial charge is 0.313 e. The molecule has 5 aromatic rings. The number of carbonyl (C=O) groups excluding carboxylic acids is 2. The molecule has 1 aliphatic rings. The van der Waals surface area contributed by atoms with E-state index in [-0.39, 0.29) is 5.92 Å². The lowest BCUT2D eigenvalue weighted by molar-refractivity contribution is -0.143. The summed E-state index contributed by atoms with van der Waals surface area (Å²) in [6.07, 6.45) is 4.58. The summed E-state index contributed by atoms with van der Waals surface area (Å²) in [5.74, 6) is 0.330. The van der Waals surface area contributed by atoms with Crippen LogP contribution in [0.5, 0.6) is 0 Å². The van der Waals surface area contributed by atoms with Gasteiger partial charge in [0.05, 0.1) is 22.1 Å². The van der Waals surface area contributed by atoms with Crippen molar-refractivity contribution in [3.05, 3.63) is 83.1 Å². The first kappa shape index (κ1) is 25.4. The van der Waals surface area contributed by atoms with E-state index in [9.17, 15) is 9.59 Å². The fourth-order valence-corrected chi connectivity index (χ4v) is 6.04. The SMILES string of the molecule is Cc1oc(C2CCN(C(=O)C(=O)Nc3cncc(-c4nc5cc(Br)ccc5s4)c3)CC2)nc1-c1ccccc1. The molecule has 1 N–H and O–H groups in total. The second kappa shape index (κ2) is 10.7. The number of halogens is 1. The first-order chi connectivity index (χ1) is 18.9. The molecule has 39 heavy (non-hydrogen) atoms. The lowest BCUT2D eigenvalue weighted by Gasteiger charge is -2.30. The molecule has 0 unspecified atom stereocenters. The normalized spacial score (nSPS) is 14.1. The molecule has 1 aliphatic heterocycles. The first-order valence-corrected chi connectivity index (χ1v) is 14.2. The molecule has 2 amide bonds. The van der Waals surface area contributed by atoms with Crippen molar-refractivity contribution in [2.24, 2.45) is 0 Å². The lowest BCUT2D eigenvalue weighted by atomic mass is 9.96. The summed E-state index contributed by atoms with van der Waals surface area (Å²) in [6.45, 7) is 2.83. The van der Waals surface area contributed by atoms with E-state index in [4.69, 9.17) is 9.40 Å². The summed E-state index contributed by atoms with van der Waals surface area (Å²) in [4.78, 5) is 41.0. The van der Waals surface area contributed by atoms with Gasteiger partial charge in [-0.25, -0.2) is 9.97 Å². The Labute approximate surface area is 237 Å². The molecule has 0 bridgehead atoms. The predicted octanol–water partition coefficient (Wildman–Crippen LogP) is 6.43. The number of fused-ring (bicyclic) bond motifs is 1. The molecule has 196 valence electrons. The van der Waals surface area contributed by atoms with Gasteiger partial charge in [0, 0.05) is 40.8 Å². The molecule has 1 saturated heterocycles. The number of rotatable bonds is 4. The van der Waals surface area contributed by atoms with Crippen LogP contribution in [0.1, 0.15) is 30.4 Å². The summed E-state index contributed by atoms with van der Waals surface area (Å²) < 4.78 is 8.01. The van der Waals surface area contributed by atoms with E-state index >= 15 is 0 Å². The number of hydrogen-bond donors (Lipinski definition) is 1. The number of amides is 2. The van der Waals surface area contributed by atoms with E-state index in [0.717, 1.165) is 42.3 Å². The van der Waals surface area contributed by atoms with Crippen LogP contribution in [-0.4, -0.2) is 44.8 Å². The Balaban J connectivity index is 1.08. The molecule has 2 aromatic carbocycles. The average molecular weight is 603 g/mol. The molecule has 3 aromatic heterocycles. The molecule has 0 radical (unpaired) electrons. The van der Waals surface area contributed by atoms with Gasteiger partial charge in [-0.2, -0.15) is 0 Å². The predicted molar refractivity (Wildman–Crippen MR) is 154 cm³/mol.